The Morgan fingerprint density at radius 2 is 1.60 bits per heavy atom. The second-order valence-electron chi connectivity index (χ2n) is 6.83. The molecule has 6 nitrogen and oxygen atoms in total. The third-order valence-electron chi connectivity index (χ3n) is 4.96. The van der Waals surface area contributed by atoms with Crippen LogP contribution < -0.4 is 25.0 Å². The summed E-state index contributed by atoms with van der Waals surface area (Å²) in [6.45, 7) is 3.49. The monoisotopic (exact) mass is 522 g/mol. The number of guanidine groups is 1. The lowest BCUT2D eigenvalue weighted by atomic mass is 10.1. The molecule has 0 fully saturated rings. The van der Waals surface area contributed by atoms with E-state index in [1.807, 2.05) is 12.1 Å². The van der Waals surface area contributed by atoms with E-state index in [0.717, 1.165) is 50.1 Å². The number of methoxy groups -OCH3 is 2. The van der Waals surface area contributed by atoms with E-state index in [1.165, 1.54) is 16.8 Å². The number of nitrogens with zero attached hydrogens (tertiary/aromatic N) is 2. The molecule has 2 aromatic rings. The van der Waals surface area contributed by atoms with E-state index in [2.05, 4.69) is 63.0 Å². The summed E-state index contributed by atoms with van der Waals surface area (Å²) in [6, 6.07) is 14.7. The number of nitrogens with one attached hydrogen (secondary N) is 2. The molecule has 0 amide bonds. The molecule has 3 rings (SSSR count). The van der Waals surface area contributed by atoms with Crippen molar-refractivity contribution in [2.75, 3.05) is 45.8 Å². The SMILES string of the molecule is CN=C(NCCc1ccc(OC)c(OC)c1)NCc1ccc(N2CC=CC2)cc1.I. The number of hydrogen-bond acceptors (Lipinski definition) is 4. The number of hydrogen-bond donors (Lipinski definition) is 2. The van der Waals surface area contributed by atoms with Gasteiger partial charge in [0.1, 0.15) is 0 Å². The maximum atomic E-state index is 5.37. The highest BCUT2D eigenvalue weighted by molar-refractivity contribution is 14.0. The van der Waals surface area contributed by atoms with Crippen molar-refractivity contribution in [3.63, 3.8) is 0 Å². The van der Waals surface area contributed by atoms with Gasteiger partial charge < -0.3 is 25.0 Å². The van der Waals surface area contributed by atoms with Crippen LogP contribution in [-0.4, -0.2) is 46.9 Å². The van der Waals surface area contributed by atoms with Gasteiger partial charge in [0, 0.05) is 38.9 Å². The Kier molecular flexibility index (Phi) is 9.79. The van der Waals surface area contributed by atoms with Gasteiger partial charge in [-0.3, -0.25) is 4.99 Å². The second kappa shape index (κ2) is 12.3. The van der Waals surface area contributed by atoms with Crippen LogP contribution in [-0.2, 0) is 13.0 Å². The molecule has 0 aliphatic carbocycles. The highest BCUT2D eigenvalue weighted by atomic mass is 127. The van der Waals surface area contributed by atoms with E-state index >= 15 is 0 Å². The van der Waals surface area contributed by atoms with Crippen molar-refractivity contribution in [2.45, 2.75) is 13.0 Å². The highest BCUT2D eigenvalue weighted by Crippen LogP contribution is 2.27. The van der Waals surface area contributed by atoms with Crippen LogP contribution in [0.3, 0.4) is 0 Å². The molecule has 0 bridgehead atoms. The largest absolute Gasteiger partial charge is 0.493 e. The molecular weight excluding hydrogens is 491 g/mol. The first kappa shape index (κ1) is 23.9. The van der Waals surface area contributed by atoms with Crippen molar-refractivity contribution in [2.24, 2.45) is 4.99 Å². The summed E-state index contributed by atoms with van der Waals surface area (Å²) in [5.74, 6) is 2.28. The Morgan fingerprint density at radius 3 is 2.23 bits per heavy atom. The van der Waals surface area contributed by atoms with Gasteiger partial charge in [-0.25, -0.2) is 0 Å². The van der Waals surface area contributed by atoms with Gasteiger partial charge in [-0.05, 0) is 41.8 Å². The standard InChI is InChI=1S/C23H30N4O2.HI/c1-24-23(25-13-12-18-8-11-21(28-2)22(16-18)29-3)26-17-19-6-9-20(10-7-19)27-14-4-5-15-27;/h4-11,16H,12-15,17H2,1-3H3,(H2,24,25,26);1H. The molecule has 162 valence electrons. The average Bonchev–Trinajstić information content (AvgIpc) is 3.31. The van der Waals surface area contributed by atoms with Crippen LogP contribution in [0.25, 0.3) is 0 Å². The van der Waals surface area contributed by atoms with Gasteiger partial charge in [0.15, 0.2) is 17.5 Å². The third-order valence-corrected chi connectivity index (χ3v) is 4.96. The molecule has 1 aliphatic heterocycles. The third kappa shape index (κ3) is 6.55. The van der Waals surface area contributed by atoms with Crippen LogP contribution in [0.2, 0.25) is 0 Å². The van der Waals surface area contributed by atoms with Crippen LogP contribution >= 0.6 is 24.0 Å². The zero-order valence-electron chi connectivity index (χ0n) is 17.9. The first-order chi connectivity index (χ1) is 14.2. The fourth-order valence-corrected chi connectivity index (χ4v) is 3.28. The fourth-order valence-electron chi connectivity index (χ4n) is 3.28. The van der Waals surface area contributed by atoms with Crippen LogP contribution in [0.4, 0.5) is 5.69 Å². The van der Waals surface area contributed by atoms with Crippen LogP contribution in [0, 0.1) is 0 Å². The maximum Gasteiger partial charge on any atom is 0.191 e. The number of benzene rings is 2. The predicted octanol–water partition coefficient (Wildman–Crippen LogP) is 3.61. The normalized spacial score (nSPS) is 13.0. The smallest absolute Gasteiger partial charge is 0.191 e. The highest BCUT2D eigenvalue weighted by Gasteiger charge is 2.08. The molecular formula is C23H31IN4O2. The molecule has 0 atom stereocenters. The van der Waals surface area contributed by atoms with Gasteiger partial charge in [-0.1, -0.05) is 30.4 Å². The quantitative estimate of drug-likeness (QED) is 0.240. The molecule has 0 unspecified atom stereocenters. The van der Waals surface area contributed by atoms with Gasteiger partial charge in [-0.15, -0.1) is 24.0 Å². The Bertz CT molecular complexity index is 845. The molecule has 7 heteroatoms. The van der Waals surface area contributed by atoms with Gasteiger partial charge in [0.05, 0.1) is 14.2 Å². The van der Waals surface area contributed by atoms with E-state index in [4.69, 9.17) is 9.47 Å². The van der Waals surface area contributed by atoms with Crippen LogP contribution in [0.1, 0.15) is 11.1 Å². The van der Waals surface area contributed by atoms with Crippen molar-refractivity contribution in [1.29, 1.82) is 0 Å². The van der Waals surface area contributed by atoms with Crippen molar-refractivity contribution in [3.05, 3.63) is 65.7 Å². The van der Waals surface area contributed by atoms with E-state index < -0.39 is 0 Å². The topological polar surface area (TPSA) is 58.1 Å². The first-order valence-corrected chi connectivity index (χ1v) is 9.88. The lowest BCUT2D eigenvalue weighted by molar-refractivity contribution is 0.354. The molecule has 0 saturated carbocycles. The maximum absolute atomic E-state index is 5.37. The number of rotatable bonds is 8. The molecule has 0 radical (unpaired) electrons. The minimum Gasteiger partial charge on any atom is -0.493 e. The second-order valence-corrected chi connectivity index (χ2v) is 6.83. The minimum absolute atomic E-state index is 0. The van der Waals surface area contributed by atoms with Gasteiger partial charge >= 0.3 is 0 Å². The number of ether oxygens (including phenoxy) is 2. The van der Waals surface area contributed by atoms with E-state index in [1.54, 1.807) is 21.3 Å². The number of halogens is 1. The van der Waals surface area contributed by atoms with Crippen molar-refractivity contribution in [3.8, 4) is 11.5 Å². The summed E-state index contributed by atoms with van der Waals surface area (Å²) < 4.78 is 10.7. The molecule has 2 aromatic carbocycles. The van der Waals surface area contributed by atoms with E-state index in [9.17, 15) is 0 Å². The van der Waals surface area contributed by atoms with Gasteiger partial charge in [-0.2, -0.15) is 0 Å². The Hall–Kier alpha value is -2.42. The van der Waals surface area contributed by atoms with Gasteiger partial charge in [0.2, 0.25) is 0 Å². The summed E-state index contributed by atoms with van der Waals surface area (Å²) >= 11 is 0. The van der Waals surface area contributed by atoms with Gasteiger partial charge in [0.25, 0.3) is 0 Å². The molecule has 0 spiro atoms. The minimum atomic E-state index is 0. The average molecular weight is 522 g/mol. The predicted molar refractivity (Wildman–Crippen MR) is 135 cm³/mol. The lowest BCUT2D eigenvalue weighted by Crippen LogP contribution is -2.37. The fraction of sp³-hybridized carbons (Fsp3) is 0.348. The van der Waals surface area contributed by atoms with E-state index in [-0.39, 0.29) is 24.0 Å². The number of anilines is 1. The molecule has 0 saturated heterocycles. The summed E-state index contributed by atoms with van der Waals surface area (Å²) in [4.78, 5) is 6.65. The lowest BCUT2D eigenvalue weighted by Gasteiger charge is -2.18. The summed E-state index contributed by atoms with van der Waals surface area (Å²) in [5, 5.41) is 6.73. The molecule has 1 heterocycles. The molecule has 2 N–H and O–H groups in total. The first-order valence-electron chi connectivity index (χ1n) is 9.88. The molecule has 0 aromatic heterocycles. The zero-order valence-corrected chi connectivity index (χ0v) is 20.2. The van der Waals surface area contributed by atoms with Crippen molar-refractivity contribution >= 4 is 35.6 Å². The van der Waals surface area contributed by atoms with Crippen LogP contribution in [0.5, 0.6) is 11.5 Å². The summed E-state index contributed by atoms with van der Waals surface area (Å²) in [7, 11) is 5.08. The zero-order chi connectivity index (χ0) is 20.5. The summed E-state index contributed by atoms with van der Waals surface area (Å²) in [5.41, 5.74) is 3.66. The Morgan fingerprint density at radius 1 is 0.933 bits per heavy atom. The van der Waals surface area contributed by atoms with Crippen molar-refractivity contribution in [1.82, 2.24) is 10.6 Å². The van der Waals surface area contributed by atoms with E-state index in [0.29, 0.717) is 0 Å². The summed E-state index contributed by atoms with van der Waals surface area (Å²) in [6.07, 6.45) is 5.26. The Balaban J connectivity index is 0.00000320. The van der Waals surface area contributed by atoms with Crippen LogP contribution in [0.15, 0.2) is 59.6 Å². The van der Waals surface area contributed by atoms with Crippen molar-refractivity contribution < 1.29 is 9.47 Å². The number of aliphatic imine (C=N–C) groups is 1. The molecule has 30 heavy (non-hydrogen) atoms. The molecule has 1 aliphatic rings. The Labute approximate surface area is 196 Å².